The number of nitrogens with zero attached hydrogens (tertiary/aromatic N) is 2. The molecule has 4 nitrogen and oxygen atoms in total. The molecule has 0 aliphatic heterocycles. The number of aromatic nitrogens is 1. The molecule has 0 aliphatic carbocycles. The summed E-state index contributed by atoms with van der Waals surface area (Å²) in [7, 11) is 2.04. The quantitative estimate of drug-likeness (QED) is 0.648. The van der Waals surface area contributed by atoms with E-state index in [1.165, 1.54) is 0 Å². The van der Waals surface area contributed by atoms with E-state index in [-0.39, 0.29) is 5.84 Å². The second-order valence-electron chi connectivity index (χ2n) is 5.21. The van der Waals surface area contributed by atoms with E-state index in [0.717, 1.165) is 35.1 Å². The second kappa shape index (κ2) is 5.90. The van der Waals surface area contributed by atoms with Crippen molar-refractivity contribution in [1.82, 2.24) is 4.98 Å². The van der Waals surface area contributed by atoms with Gasteiger partial charge in [0.2, 0.25) is 0 Å². The summed E-state index contributed by atoms with van der Waals surface area (Å²) in [6, 6.07) is 10.1. The Morgan fingerprint density at radius 3 is 2.75 bits per heavy atom. The normalized spacial score (nSPS) is 12.3. The number of rotatable bonds is 5. The Balaban J connectivity index is 2.52. The summed E-state index contributed by atoms with van der Waals surface area (Å²) in [6.45, 7) is 4.37. The van der Waals surface area contributed by atoms with E-state index in [1.54, 1.807) is 0 Å². The summed E-state index contributed by atoms with van der Waals surface area (Å²) in [5.41, 5.74) is 7.35. The smallest absolute Gasteiger partial charge is 0.129 e. The fourth-order valence-corrected chi connectivity index (χ4v) is 2.40. The molecule has 0 bridgehead atoms. The highest BCUT2D eigenvalue weighted by Crippen LogP contribution is 2.23. The van der Waals surface area contributed by atoms with Gasteiger partial charge >= 0.3 is 0 Å². The maximum Gasteiger partial charge on any atom is 0.129 e. The predicted octanol–water partition coefficient (Wildman–Crippen LogP) is 3.14. The van der Waals surface area contributed by atoms with Crippen LogP contribution in [0.1, 0.15) is 32.3 Å². The van der Waals surface area contributed by atoms with Crippen LogP contribution in [0.2, 0.25) is 0 Å². The molecule has 4 heteroatoms. The lowest BCUT2D eigenvalue weighted by molar-refractivity contribution is 0.612. The van der Waals surface area contributed by atoms with Gasteiger partial charge in [0, 0.05) is 24.0 Å². The van der Waals surface area contributed by atoms with Crippen molar-refractivity contribution in [2.45, 2.75) is 32.7 Å². The van der Waals surface area contributed by atoms with Crippen LogP contribution in [0, 0.1) is 5.41 Å². The van der Waals surface area contributed by atoms with Crippen LogP contribution in [0.5, 0.6) is 0 Å². The topological polar surface area (TPSA) is 66.0 Å². The number of fused-ring (bicyclic) bond motifs is 1. The predicted molar refractivity (Wildman–Crippen MR) is 85.5 cm³/mol. The minimum Gasteiger partial charge on any atom is -0.384 e. The molecule has 0 spiro atoms. The first kappa shape index (κ1) is 14.3. The van der Waals surface area contributed by atoms with Gasteiger partial charge in [-0.05, 0) is 25.5 Å². The SMILES string of the molecule is CCCC(C)N(C)c1cc(C(=N)N)c2ccccc2n1. The highest BCUT2D eigenvalue weighted by atomic mass is 15.2. The van der Waals surface area contributed by atoms with Crippen molar-refractivity contribution in [3.8, 4) is 0 Å². The zero-order valence-corrected chi connectivity index (χ0v) is 12.4. The fraction of sp³-hybridized carbons (Fsp3) is 0.375. The lowest BCUT2D eigenvalue weighted by Crippen LogP contribution is -2.29. The van der Waals surface area contributed by atoms with Gasteiger partial charge in [-0.2, -0.15) is 0 Å². The van der Waals surface area contributed by atoms with Crippen molar-refractivity contribution in [1.29, 1.82) is 5.41 Å². The summed E-state index contributed by atoms with van der Waals surface area (Å²) >= 11 is 0. The minimum atomic E-state index is 0.0846. The number of nitrogens with two attached hydrogens (primary N) is 1. The van der Waals surface area contributed by atoms with Crippen molar-refractivity contribution >= 4 is 22.6 Å². The van der Waals surface area contributed by atoms with Gasteiger partial charge in [-0.3, -0.25) is 5.41 Å². The highest BCUT2D eigenvalue weighted by molar-refractivity contribution is 6.07. The third kappa shape index (κ3) is 2.74. The number of nitrogen functional groups attached to an aromatic ring is 1. The number of hydrogen-bond donors (Lipinski definition) is 2. The monoisotopic (exact) mass is 270 g/mol. The fourth-order valence-electron chi connectivity index (χ4n) is 2.40. The van der Waals surface area contributed by atoms with Gasteiger partial charge in [0.1, 0.15) is 11.7 Å². The third-order valence-corrected chi connectivity index (χ3v) is 3.72. The summed E-state index contributed by atoms with van der Waals surface area (Å²) in [6.07, 6.45) is 2.25. The molecule has 0 radical (unpaired) electrons. The summed E-state index contributed by atoms with van der Waals surface area (Å²) < 4.78 is 0. The molecule has 0 amide bonds. The first-order valence-electron chi connectivity index (χ1n) is 7.01. The third-order valence-electron chi connectivity index (χ3n) is 3.72. The van der Waals surface area contributed by atoms with E-state index in [9.17, 15) is 0 Å². The molecule has 1 unspecified atom stereocenters. The summed E-state index contributed by atoms with van der Waals surface area (Å²) in [5.74, 6) is 0.955. The Labute approximate surface area is 120 Å². The van der Waals surface area contributed by atoms with Crippen molar-refractivity contribution in [3.63, 3.8) is 0 Å². The minimum absolute atomic E-state index is 0.0846. The van der Waals surface area contributed by atoms with Gasteiger partial charge in [-0.25, -0.2) is 4.98 Å². The van der Waals surface area contributed by atoms with Gasteiger partial charge in [0.25, 0.3) is 0 Å². The van der Waals surface area contributed by atoms with E-state index in [4.69, 9.17) is 16.1 Å². The van der Waals surface area contributed by atoms with Gasteiger partial charge in [-0.1, -0.05) is 31.5 Å². The van der Waals surface area contributed by atoms with Crippen molar-refractivity contribution in [3.05, 3.63) is 35.9 Å². The number of nitrogens with one attached hydrogen (secondary N) is 1. The van der Waals surface area contributed by atoms with E-state index in [2.05, 4.69) is 18.7 Å². The molecule has 1 atom stereocenters. The highest BCUT2D eigenvalue weighted by Gasteiger charge is 2.14. The van der Waals surface area contributed by atoms with Crippen molar-refractivity contribution < 1.29 is 0 Å². The van der Waals surface area contributed by atoms with Gasteiger partial charge in [0.15, 0.2) is 0 Å². The molecule has 1 heterocycles. The molecule has 3 N–H and O–H groups in total. The Bertz CT molecular complexity index is 621. The molecule has 106 valence electrons. The van der Waals surface area contributed by atoms with Gasteiger partial charge < -0.3 is 10.6 Å². The van der Waals surface area contributed by atoms with E-state index in [1.807, 2.05) is 37.4 Å². The number of anilines is 1. The second-order valence-corrected chi connectivity index (χ2v) is 5.21. The van der Waals surface area contributed by atoms with Crippen LogP contribution in [0.15, 0.2) is 30.3 Å². The lowest BCUT2D eigenvalue weighted by atomic mass is 10.1. The Morgan fingerprint density at radius 1 is 1.40 bits per heavy atom. The molecule has 1 aromatic heterocycles. The molecular weight excluding hydrogens is 248 g/mol. The molecule has 0 fully saturated rings. The standard InChI is InChI=1S/C16H22N4/c1-4-7-11(2)20(3)15-10-13(16(17)18)12-8-5-6-9-14(12)19-15/h5-6,8-11H,4,7H2,1-3H3,(H3,17,18). The molecule has 1 aromatic carbocycles. The maximum atomic E-state index is 7.77. The average Bonchev–Trinajstić information content (AvgIpc) is 2.45. The maximum absolute atomic E-state index is 7.77. The lowest BCUT2D eigenvalue weighted by Gasteiger charge is -2.26. The zero-order valence-electron chi connectivity index (χ0n) is 12.4. The van der Waals surface area contributed by atoms with Gasteiger partial charge in [0.05, 0.1) is 5.52 Å². The Kier molecular flexibility index (Phi) is 4.23. The van der Waals surface area contributed by atoms with E-state index in [0.29, 0.717) is 6.04 Å². The van der Waals surface area contributed by atoms with Crippen LogP contribution in [-0.4, -0.2) is 23.9 Å². The molecule has 2 rings (SSSR count). The average molecular weight is 270 g/mol. The first-order chi connectivity index (χ1) is 9.54. The number of para-hydroxylation sites is 1. The molecule has 0 saturated carbocycles. The first-order valence-corrected chi connectivity index (χ1v) is 7.01. The Hall–Kier alpha value is -2.10. The molecule has 20 heavy (non-hydrogen) atoms. The van der Waals surface area contributed by atoms with Gasteiger partial charge in [-0.15, -0.1) is 0 Å². The Morgan fingerprint density at radius 2 is 2.10 bits per heavy atom. The number of benzene rings is 1. The molecule has 0 saturated heterocycles. The van der Waals surface area contributed by atoms with E-state index < -0.39 is 0 Å². The zero-order chi connectivity index (χ0) is 14.7. The number of hydrogen-bond acceptors (Lipinski definition) is 3. The van der Waals surface area contributed by atoms with Crippen molar-refractivity contribution in [2.75, 3.05) is 11.9 Å². The van der Waals surface area contributed by atoms with E-state index >= 15 is 0 Å². The number of pyridine rings is 1. The van der Waals surface area contributed by atoms with Crippen LogP contribution in [0.4, 0.5) is 5.82 Å². The summed E-state index contributed by atoms with van der Waals surface area (Å²) in [4.78, 5) is 6.85. The van der Waals surface area contributed by atoms with Crippen LogP contribution in [0.25, 0.3) is 10.9 Å². The molecule has 2 aromatic rings. The van der Waals surface area contributed by atoms with Crippen LogP contribution < -0.4 is 10.6 Å². The largest absolute Gasteiger partial charge is 0.384 e. The van der Waals surface area contributed by atoms with Crippen molar-refractivity contribution in [2.24, 2.45) is 5.73 Å². The van der Waals surface area contributed by atoms with Crippen LogP contribution >= 0.6 is 0 Å². The van der Waals surface area contributed by atoms with Crippen LogP contribution in [-0.2, 0) is 0 Å². The number of amidine groups is 1. The van der Waals surface area contributed by atoms with Crippen LogP contribution in [0.3, 0.4) is 0 Å². The molecular formula is C16H22N4. The molecule has 0 aliphatic rings. The summed E-state index contributed by atoms with van der Waals surface area (Å²) in [5, 5.41) is 8.71.